The topological polar surface area (TPSA) is 52.0 Å². The van der Waals surface area contributed by atoms with Crippen molar-refractivity contribution in [3.8, 4) is 0 Å². The molecule has 4 N–H and O–H groups in total. The fourth-order valence-corrected chi connectivity index (χ4v) is 1.82. The molecule has 0 bridgehead atoms. The van der Waals surface area contributed by atoms with Gasteiger partial charge in [0.05, 0.1) is 0 Å². The van der Waals surface area contributed by atoms with E-state index in [1.54, 1.807) is 0 Å². The first-order chi connectivity index (χ1) is 6.11. The number of anilines is 2. The Morgan fingerprint density at radius 2 is 1.62 bits per heavy atom. The van der Waals surface area contributed by atoms with E-state index < -0.39 is 0 Å². The molecule has 0 fully saturated rings. The molecule has 1 aromatic rings. The third kappa shape index (κ3) is 1.62. The summed E-state index contributed by atoms with van der Waals surface area (Å²) in [7, 11) is 0. The third-order valence-corrected chi connectivity index (χ3v) is 2.55. The maximum absolute atomic E-state index is 6.03. The summed E-state index contributed by atoms with van der Waals surface area (Å²) in [6.07, 6.45) is 1.88. The maximum Gasteiger partial charge on any atom is 0.0402 e. The molecule has 0 atom stereocenters. The van der Waals surface area contributed by atoms with Gasteiger partial charge in [-0.15, -0.1) is 0 Å². The summed E-state index contributed by atoms with van der Waals surface area (Å²) in [6.45, 7) is 6.26. The Kier molecular flexibility index (Phi) is 2.81. The molecule has 0 amide bonds. The lowest BCUT2D eigenvalue weighted by Crippen LogP contribution is -2.05. The van der Waals surface area contributed by atoms with Gasteiger partial charge < -0.3 is 11.5 Å². The molecule has 13 heavy (non-hydrogen) atoms. The lowest BCUT2D eigenvalue weighted by molar-refractivity contribution is 1.08. The molecule has 0 heterocycles. The molecule has 0 saturated carbocycles. The highest BCUT2D eigenvalue weighted by molar-refractivity contribution is 5.67. The molecule has 2 nitrogen and oxygen atoms in total. The molecule has 0 aliphatic heterocycles. The lowest BCUT2D eigenvalue weighted by atomic mass is 9.97. The fraction of sp³-hybridized carbons (Fsp3) is 0.455. The predicted molar refractivity (Wildman–Crippen MR) is 58.8 cm³/mol. The van der Waals surface area contributed by atoms with Crippen LogP contribution >= 0.6 is 0 Å². The van der Waals surface area contributed by atoms with Gasteiger partial charge in [-0.05, 0) is 42.5 Å². The highest BCUT2D eigenvalue weighted by Crippen LogP contribution is 2.27. The predicted octanol–water partition coefficient (Wildman–Crippen LogP) is 2.28. The number of aryl methyl sites for hydroxylation is 1. The second-order valence-corrected chi connectivity index (χ2v) is 3.36. The van der Waals surface area contributed by atoms with Gasteiger partial charge in [0.15, 0.2) is 0 Å². The minimum absolute atomic E-state index is 0.828. The van der Waals surface area contributed by atoms with Crippen LogP contribution in [0.1, 0.15) is 30.5 Å². The number of hydrogen-bond donors (Lipinski definition) is 2. The molecule has 1 aromatic carbocycles. The fourth-order valence-electron chi connectivity index (χ4n) is 1.82. The normalized spacial score (nSPS) is 10.4. The second kappa shape index (κ2) is 3.69. The van der Waals surface area contributed by atoms with Gasteiger partial charge in [-0.1, -0.05) is 13.8 Å². The van der Waals surface area contributed by atoms with Crippen LogP contribution in [0.25, 0.3) is 0 Å². The van der Waals surface area contributed by atoms with Crippen LogP contribution in [0.15, 0.2) is 6.07 Å². The van der Waals surface area contributed by atoms with Gasteiger partial charge >= 0.3 is 0 Å². The van der Waals surface area contributed by atoms with Crippen LogP contribution < -0.4 is 11.5 Å². The van der Waals surface area contributed by atoms with Crippen molar-refractivity contribution in [2.75, 3.05) is 11.5 Å². The molecule has 0 aliphatic carbocycles. The summed E-state index contributed by atoms with van der Waals surface area (Å²) in [5.41, 5.74) is 17.2. The first-order valence-corrected chi connectivity index (χ1v) is 4.78. The smallest absolute Gasteiger partial charge is 0.0402 e. The van der Waals surface area contributed by atoms with Gasteiger partial charge in [0, 0.05) is 11.4 Å². The highest BCUT2D eigenvalue weighted by atomic mass is 14.6. The average Bonchev–Trinajstić information content (AvgIpc) is 2.04. The van der Waals surface area contributed by atoms with Crippen LogP contribution in [0.3, 0.4) is 0 Å². The van der Waals surface area contributed by atoms with Gasteiger partial charge in [-0.25, -0.2) is 0 Å². The summed E-state index contributed by atoms with van der Waals surface area (Å²) in [6, 6.07) is 2.02. The van der Waals surface area contributed by atoms with Crippen molar-refractivity contribution in [2.45, 2.75) is 33.6 Å². The molecule has 0 unspecified atom stereocenters. The molecular formula is C11H18N2. The molecule has 0 spiro atoms. The monoisotopic (exact) mass is 178 g/mol. The Morgan fingerprint density at radius 3 is 2.08 bits per heavy atom. The average molecular weight is 178 g/mol. The minimum atomic E-state index is 0.828. The van der Waals surface area contributed by atoms with Crippen molar-refractivity contribution in [2.24, 2.45) is 0 Å². The molecular weight excluding hydrogens is 160 g/mol. The van der Waals surface area contributed by atoms with Crippen LogP contribution in [0.4, 0.5) is 11.4 Å². The van der Waals surface area contributed by atoms with E-state index in [4.69, 9.17) is 11.5 Å². The number of nitrogen functional groups attached to an aromatic ring is 2. The van der Waals surface area contributed by atoms with Crippen molar-refractivity contribution in [1.29, 1.82) is 0 Å². The highest BCUT2D eigenvalue weighted by Gasteiger charge is 2.08. The summed E-state index contributed by atoms with van der Waals surface area (Å²) < 4.78 is 0. The van der Waals surface area contributed by atoms with E-state index in [2.05, 4.69) is 20.8 Å². The maximum atomic E-state index is 6.03. The minimum Gasteiger partial charge on any atom is -0.398 e. The van der Waals surface area contributed by atoms with E-state index in [0.29, 0.717) is 0 Å². The molecule has 72 valence electrons. The van der Waals surface area contributed by atoms with Crippen LogP contribution in [-0.4, -0.2) is 0 Å². The summed E-state index contributed by atoms with van der Waals surface area (Å²) >= 11 is 0. The van der Waals surface area contributed by atoms with E-state index in [-0.39, 0.29) is 0 Å². The first kappa shape index (κ1) is 9.90. The van der Waals surface area contributed by atoms with Crippen molar-refractivity contribution in [3.05, 3.63) is 22.8 Å². The summed E-state index contributed by atoms with van der Waals surface area (Å²) in [5.74, 6) is 0. The van der Waals surface area contributed by atoms with E-state index >= 15 is 0 Å². The van der Waals surface area contributed by atoms with Crippen LogP contribution in [0, 0.1) is 6.92 Å². The van der Waals surface area contributed by atoms with Crippen LogP contribution in [0.5, 0.6) is 0 Å². The third-order valence-electron chi connectivity index (χ3n) is 2.55. The van der Waals surface area contributed by atoms with Crippen molar-refractivity contribution < 1.29 is 0 Å². The molecule has 0 radical (unpaired) electrons. The summed E-state index contributed by atoms with van der Waals surface area (Å²) in [4.78, 5) is 0. The molecule has 0 saturated heterocycles. The Balaban J connectivity index is 3.39. The van der Waals surface area contributed by atoms with Gasteiger partial charge in [-0.3, -0.25) is 0 Å². The zero-order valence-electron chi connectivity index (χ0n) is 8.65. The first-order valence-electron chi connectivity index (χ1n) is 4.78. The Hall–Kier alpha value is -1.18. The van der Waals surface area contributed by atoms with Gasteiger partial charge in [-0.2, -0.15) is 0 Å². The number of nitrogens with two attached hydrogens (primary N) is 2. The molecule has 1 rings (SSSR count). The van der Waals surface area contributed by atoms with E-state index in [1.165, 1.54) is 11.1 Å². The van der Waals surface area contributed by atoms with Gasteiger partial charge in [0.2, 0.25) is 0 Å². The molecule has 2 heteroatoms. The van der Waals surface area contributed by atoms with Crippen molar-refractivity contribution >= 4 is 11.4 Å². The second-order valence-electron chi connectivity index (χ2n) is 3.36. The molecule has 0 aliphatic rings. The SMILES string of the molecule is CCc1c(C)cc(N)c(CC)c1N. The molecule has 0 aromatic heterocycles. The number of hydrogen-bond acceptors (Lipinski definition) is 2. The van der Waals surface area contributed by atoms with Gasteiger partial charge in [0.1, 0.15) is 0 Å². The standard InChI is InChI=1S/C11H18N2/c1-4-8-7(3)6-10(12)9(5-2)11(8)13/h6H,4-5,12-13H2,1-3H3. The quantitative estimate of drug-likeness (QED) is 0.683. The van der Waals surface area contributed by atoms with Crippen molar-refractivity contribution in [1.82, 2.24) is 0 Å². The Bertz CT molecular complexity index is 288. The van der Waals surface area contributed by atoms with E-state index in [1.807, 2.05) is 6.07 Å². The van der Waals surface area contributed by atoms with Crippen LogP contribution in [-0.2, 0) is 12.8 Å². The summed E-state index contributed by atoms with van der Waals surface area (Å²) in [5, 5.41) is 0. The van der Waals surface area contributed by atoms with E-state index in [0.717, 1.165) is 29.8 Å². The number of benzene rings is 1. The van der Waals surface area contributed by atoms with Gasteiger partial charge in [0.25, 0.3) is 0 Å². The largest absolute Gasteiger partial charge is 0.398 e. The van der Waals surface area contributed by atoms with Crippen LogP contribution in [0.2, 0.25) is 0 Å². The lowest BCUT2D eigenvalue weighted by Gasteiger charge is -2.14. The zero-order chi connectivity index (χ0) is 10.0. The Morgan fingerprint density at radius 1 is 1.08 bits per heavy atom. The Labute approximate surface area is 79.9 Å². The zero-order valence-corrected chi connectivity index (χ0v) is 8.65. The van der Waals surface area contributed by atoms with E-state index in [9.17, 15) is 0 Å². The number of rotatable bonds is 2. The van der Waals surface area contributed by atoms with Crippen molar-refractivity contribution in [3.63, 3.8) is 0 Å².